The number of rotatable bonds is 7. The molecule has 0 aliphatic carbocycles. The van der Waals surface area contributed by atoms with Gasteiger partial charge in [0.15, 0.2) is 15.9 Å². The molecular weight excluding hydrogens is 803 g/mol. The molecule has 8 rings (SSSR count). The number of nitrogens with zero attached hydrogens (tertiary/aromatic N) is 6. The molecule has 0 aliphatic rings. The highest BCUT2D eigenvalue weighted by Crippen LogP contribution is 2.30. The molecule has 6 aromatic heterocycles. The number of nitrogen functional groups attached to an aromatic ring is 1. The first-order valence-corrected chi connectivity index (χ1v) is 17.6. The van der Waals surface area contributed by atoms with Gasteiger partial charge in [-0.05, 0) is 48.5 Å². The van der Waals surface area contributed by atoms with Gasteiger partial charge in [0.05, 0.1) is 17.0 Å². The zero-order valence-corrected chi connectivity index (χ0v) is 30.1. The Morgan fingerprint density at radius 2 is 1.21 bits per heavy atom. The Hall–Kier alpha value is -7.00. The molecule has 0 atom stereocenters. The number of hydrogen-bond acceptors (Lipinski definition) is 11. The van der Waals surface area contributed by atoms with Crippen molar-refractivity contribution in [3.63, 3.8) is 0 Å². The third kappa shape index (κ3) is 10.6. The second-order valence-corrected chi connectivity index (χ2v) is 13.0. The number of aromatic carboxylic acids is 1. The first-order chi connectivity index (χ1) is 27.1. The summed E-state index contributed by atoms with van der Waals surface area (Å²) in [6, 6.07) is 17.1. The van der Waals surface area contributed by atoms with Crippen LogP contribution >= 0.6 is 22.7 Å². The van der Waals surface area contributed by atoms with Crippen molar-refractivity contribution in [2.75, 3.05) is 11.1 Å². The van der Waals surface area contributed by atoms with Gasteiger partial charge in [0.1, 0.15) is 22.7 Å². The van der Waals surface area contributed by atoms with E-state index in [0.717, 1.165) is 0 Å². The van der Waals surface area contributed by atoms with Crippen molar-refractivity contribution in [2.24, 2.45) is 0 Å². The fourth-order valence-corrected chi connectivity index (χ4v) is 5.94. The van der Waals surface area contributed by atoms with E-state index in [1.54, 1.807) is 71.1 Å². The van der Waals surface area contributed by atoms with Gasteiger partial charge >= 0.3 is 18.7 Å². The highest BCUT2D eigenvalue weighted by molar-refractivity contribution is 7.13. The predicted octanol–water partition coefficient (Wildman–Crippen LogP) is 8.93. The summed E-state index contributed by atoms with van der Waals surface area (Å²) in [6.45, 7) is 0. The lowest BCUT2D eigenvalue weighted by Crippen LogP contribution is -2.17. The number of nitrogens with two attached hydrogens (primary N) is 1. The van der Waals surface area contributed by atoms with Crippen molar-refractivity contribution in [3.05, 3.63) is 132 Å². The quantitative estimate of drug-likeness (QED) is 0.132. The summed E-state index contributed by atoms with van der Waals surface area (Å²) in [6.07, 6.45) is 0.157. The molecule has 57 heavy (non-hydrogen) atoms. The summed E-state index contributed by atoms with van der Waals surface area (Å²) in [5, 5.41) is 16.5. The number of fused-ring (bicyclic) bond motifs is 2. The van der Waals surface area contributed by atoms with Gasteiger partial charge in [-0.2, -0.15) is 0 Å². The van der Waals surface area contributed by atoms with E-state index >= 15 is 0 Å². The highest BCUT2D eigenvalue weighted by atomic mass is 32.1. The number of halogens is 6. The van der Waals surface area contributed by atoms with Crippen LogP contribution in [0.25, 0.3) is 33.8 Å². The summed E-state index contributed by atoms with van der Waals surface area (Å²) in [5.41, 5.74) is 7.63. The van der Waals surface area contributed by atoms with Crippen molar-refractivity contribution >= 4 is 56.1 Å². The van der Waals surface area contributed by atoms with E-state index in [1.165, 1.54) is 75.7 Å². The average molecular weight is 827 g/mol. The maximum absolute atomic E-state index is 12.5. The predicted molar refractivity (Wildman–Crippen MR) is 198 cm³/mol. The lowest BCUT2D eigenvalue weighted by molar-refractivity contribution is -0.275. The zero-order chi connectivity index (χ0) is 40.7. The van der Waals surface area contributed by atoms with E-state index in [2.05, 4.69) is 34.7 Å². The Kier molecular flexibility index (Phi) is 11.7. The molecule has 0 bridgehead atoms. The summed E-state index contributed by atoms with van der Waals surface area (Å²) in [4.78, 5) is 40.0. The van der Waals surface area contributed by atoms with E-state index in [1.807, 2.05) is 5.38 Å². The molecule has 2 aromatic carbocycles. The number of pyridine rings is 2. The number of carbonyl (C=O) groups excluding carboxylic acids is 1. The molecule has 0 fully saturated rings. The third-order valence-corrected chi connectivity index (χ3v) is 8.56. The maximum Gasteiger partial charge on any atom is 0.573 e. The molecule has 6 heterocycles. The number of amides is 1. The van der Waals surface area contributed by atoms with Gasteiger partial charge in [0, 0.05) is 59.1 Å². The first-order valence-electron chi connectivity index (χ1n) is 15.9. The molecule has 1 amide bonds. The van der Waals surface area contributed by atoms with Crippen LogP contribution in [-0.4, -0.2) is 58.4 Å². The van der Waals surface area contributed by atoms with Crippen LogP contribution in [0.15, 0.2) is 121 Å². The van der Waals surface area contributed by atoms with Gasteiger partial charge in [-0.15, -0.1) is 49.0 Å². The van der Waals surface area contributed by atoms with E-state index in [9.17, 15) is 35.9 Å². The number of nitrogens with one attached hydrogen (secondary N) is 1. The number of anilines is 2. The number of alkyl halides is 6. The molecule has 0 saturated carbocycles. The summed E-state index contributed by atoms with van der Waals surface area (Å²) in [5.74, 6) is -2.23. The minimum absolute atomic E-state index is 0.00134. The fourth-order valence-electron chi connectivity index (χ4n) is 5.04. The van der Waals surface area contributed by atoms with Gasteiger partial charge in [-0.3, -0.25) is 10.1 Å². The van der Waals surface area contributed by atoms with Crippen molar-refractivity contribution in [2.45, 2.75) is 12.7 Å². The minimum atomic E-state index is -4.78. The number of carboxylic acids is 1. The van der Waals surface area contributed by atoms with Crippen molar-refractivity contribution < 1.29 is 50.5 Å². The second-order valence-electron chi connectivity index (χ2n) is 11.2. The summed E-state index contributed by atoms with van der Waals surface area (Å²) >= 11 is 2.73. The summed E-state index contributed by atoms with van der Waals surface area (Å²) < 4.78 is 85.1. The lowest BCUT2D eigenvalue weighted by atomic mass is 10.1. The maximum atomic E-state index is 12.5. The molecule has 0 radical (unpaired) electrons. The topological polar surface area (TPSA) is 171 Å². The monoisotopic (exact) mass is 826 g/mol. The lowest BCUT2D eigenvalue weighted by Gasteiger charge is -2.09. The molecule has 8 aromatic rings. The Balaban J connectivity index is 0.000000170. The number of hydrogen-bond donors (Lipinski definition) is 3. The molecule has 0 spiro atoms. The van der Waals surface area contributed by atoms with Crippen LogP contribution in [0.4, 0.5) is 36.6 Å². The second kappa shape index (κ2) is 16.8. The molecule has 292 valence electrons. The number of benzene rings is 2. The van der Waals surface area contributed by atoms with Crippen LogP contribution in [0, 0.1) is 0 Å². The van der Waals surface area contributed by atoms with E-state index in [0.29, 0.717) is 44.0 Å². The molecule has 13 nitrogen and oxygen atoms in total. The van der Waals surface area contributed by atoms with Crippen molar-refractivity contribution in [1.82, 2.24) is 28.7 Å². The number of imidazole rings is 2. The van der Waals surface area contributed by atoms with Crippen LogP contribution < -0.4 is 20.5 Å². The third-order valence-electron chi connectivity index (χ3n) is 7.27. The number of carboxylic acid groups (broad SMARTS) is 1. The molecular formula is C36H24F6N8O5S2. The van der Waals surface area contributed by atoms with Crippen LogP contribution in [0.5, 0.6) is 11.5 Å². The minimum Gasteiger partial charge on any atom is -0.478 e. The van der Waals surface area contributed by atoms with E-state index in [-0.39, 0.29) is 28.6 Å². The van der Waals surface area contributed by atoms with Crippen LogP contribution in [0.3, 0.4) is 0 Å². The fraction of sp³-hybridized carbons (Fsp3) is 0.0556. The van der Waals surface area contributed by atoms with E-state index in [4.69, 9.17) is 10.8 Å². The normalized spacial score (nSPS) is 11.3. The SMILES string of the molecule is Nc1nccs1.O=C(Nc1nccs1)c1cccn2cc(-c3cccc(OC(F)(F)F)c3)nc12.O=C(O)c1cccn2cc(-c3cccc(OC(F)(F)F)c3)nc12. The number of aromatic nitrogens is 6. The van der Waals surface area contributed by atoms with E-state index < -0.39 is 18.7 Å². The number of thiazole rings is 2. The Bertz CT molecular complexity index is 2630. The molecule has 21 heteroatoms. The Morgan fingerprint density at radius 1 is 0.702 bits per heavy atom. The van der Waals surface area contributed by atoms with Crippen molar-refractivity contribution in [3.8, 4) is 34.0 Å². The van der Waals surface area contributed by atoms with Gasteiger partial charge in [0.2, 0.25) is 0 Å². The highest BCUT2D eigenvalue weighted by Gasteiger charge is 2.32. The van der Waals surface area contributed by atoms with Gasteiger partial charge in [-0.1, -0.05) is 24.3 Å². The molecule has 0 saturated heterocycles. The largest absolute Gasteiger partial charge is 0.573 e. The smallest absolute Gasteiger partial charge is 0.478 e. The van der Waals surface area contributed by atoms with Gasteiger partial charge in [0.25, 0.3) is 5.91 Å². The van der Waals surface area contributed by atoms with Gasteiger partial charge < -0.3 is 29.1 Å². The summed E-state index contributed by atoms with van der Waals surface area (Å²) in [7, 11) is 0. The molecule has 0 unspecified atom stereocenters. The standard InChI is InChI=1S/C18H11F3N4O2S.C15H9F3N2O3.C3H4N2S/c19-18(20,21)27-12-4-1-3-11(9-12)14-10-25-7-2-5-13(15(25)23-14)16(26)24-17-22-6-8-28-17;16-15(17,18)23-10-4-1-3-9(7-10)12-8-20-6-2-5-11(14(21)22)13(20)19-12;4-3-5-1-2-6-3/h1-10H,(H,22,24,26);1-8H,(H,21,22);1-2H,(H2,4,5). The average Bonchev–Trinajstić information content (AvgIpc) is 3.98. The van der Waals surface area contributed by atoms with Crippen molar-refractivity contribution in [1.29, 1.82) is 0 Å². The van der Waals surface area contributed by atoms with Crippen LogP contribution in [0.1, 0.15) is 20.7 Å². The first kappa shape index (κ1) is 39.7. The number of carbonyl (C=O) groups is 2. The van der Waals surface area contributed by atoms with Crippen LogP contribution in [0.2, 0.25) is 0 Å². The Labute approximate surface area is 324 Å². The van der Waals surface area contributed by atoms with Gasteiger partial charge in [-0.25, -0.2) is 24.7 Å². The molecule has 4 N–H and O–H groups in total. The van der Waals surface area contributed by atoms with Crippen LogP contribution in [-0.2, 0) is 0 Å². The Morgan fingerprint density at radius 3 is 1.65 bits per heavy atom. The number of ether oxygens (including phenoxy) is 2. The molecule has 0 aliphatic heterocycles. The zero-order valence-electron chi connectivity index (χ0n) is 28.5.